The van der Waals surface area contributed by atoms with Gasteiger partial charge >= 0.3 is 11.9 Å². The highest BCUT2D eigenvalue weighted by Crippen LogP contribution is 2.20. The molecule has 0 atom stereocenters. The van der Waals surface area contributed by atoms with E-state index in [9.17, 15) is 9.59 Å². The smallest absolute Gasteiger partial charge is 0.335 e. The highest BCUT2D eigenvalue weighted by molar-refractivity contribution is 5.82. The average Bonchev–Trinajstić information content (AvgIpc) is 2.84. The molecule has 0 N–H and O–H groups in total. The van der Waals surface area contributed by atoms with E-state index in [0.717, 1.165) is 25.0 Å². The van der Waals surface area contributed by atoms with Crippen LogP contribution in [0.1, 0.15) is 38.8 Å². The Bertz CT molecular complexity index is 999. The number of hydrogen-bond acceptors (Lipinski definition) is 6. The third kappa shape index (κ3) is 8.47. The Labute approximate surface area is 200 Å². The summed E-state index contributed by atoms with van der Waals surface area (Å²) in [4.78, 5) is 22.6. The van der Waals surface area contributed by atoms with Crippen LogP contribution in [0, 0.1) is 0 Å². The Kier molecular flexibility index (Phi) is 9.90. The van der Waals surface area contributed by atoms with E-state index in [-0.39, 0.29) is 0 Å². The second-order valence-corrected chi connectivity index (χ2v) is 7.47. The van der Waals surface area contributed by atoms with Crippen molar-refractivity contribution < 1.29 is 28.5 Å². The number of benzene rings is 2. The molecule has 0 aliphatic carbocycles. The highest BCUT2D eigenvalue weighted by Gasteiger charge is 2.07. The van der Waals surface area contributed by atoms with Crippen LogP contribution in [0.25, 0.3) is 0 Å². The molecule has 0 unspecified atom stereocenters. The molecule has 2 aromatic rings. The first-order valence-electron chi connectivity index (χ1n) is 10.8. The number of aryl methyl sites for hydroxylation is 2. The maximum atomic E-state index is 11.3. The molecule has 178 valence electrons. The van der Waals surface area contributed by atoms with E-state index in [4.69, 9.17) is 18.9 Å². The van der Waals surface area contributed by atoms with E-state index in [1.165, 1.54) is 11.1 Å². The molecule has 2 aromatic carbocycles. The topological polar surface area (TPSA) is 71.1 Å². The van der Waals surface area contributed by atoms with E-state index in [1.54, 1.807) is 27.7 Å². The van der Waals surface area contributed by atoms with E-state index >= 15 is 0 Å². The fourth-order valence-electron chi connectivity index (χ4n) is 2.76. The Balaban J connectivity index is 1.90. The van der Waals surface area contributed by atoms with Crippen LogP contribution >= 0.6 is 0 Å². The molecule has 0 aliphatic heterocycles. The molecule has 6 nitrogen and oxygen atoms in total. The lowest BCUT2D eigenvalue weighted by Crippen LogP contribution is -2.03. The first-order chi connectivity index (χ1) is 16.2. The van der Waals surface area contributed by atoms with Crippen molar-refractivity contribution in [3.05, 3.63) is 108 Å². The monoisotopic (exact) mass is 462 g/mol. The van der Waals surface area contributed by atoms with Crippen molar-refractivity contribution in [3.8, 4) is 11.5 Å². The van der Waals surface area contributed by atoms with Gasteiger partial charge in [-0.05, 0) is 75.9 Å². The van der Waals surface area contributed by atoms with Gasteiger partial charge in [-0.25, -0.2) is 9.59 Å². The number of carbonyl (C=O) groups excluding carboxylic acids is 2. The summed E-state index contributed by atoms with van der Waals surface area (Å²) in [5.74, 6) is 2.06. The number of hydrogen-bond donors (Lipinski definition) is 0. The number of allylic oxidation sites excluding steroid dienone is 4. The van der Waals surface area contributed by atoms with Crippen molar-refractivity contribution in [1.29, 1.82) is 0 Å². The summed E-state index contributed by atoms with van der Waals surface area (Å²) >= 11 is 0. The number of ether oxygens (including phenoxy) is 4. The zero-order chi connectivity index (χ0) is 25.1. The summed E-state index contributed by atoms with van der Waals surface area (Å²) in [6.07, 6.45) is 3.94. The van der Waals surface area contributed by atoms with Gasteiger partial charge in [0.05, 0.1) is 0 Å². The van der Waals surface area contributed by atoms with Gasteiger partial charge in [0, 0.05) is 12.2 Å². The molecule has 0 spiro atoms. The maximum Gasteiger partial charge on any atom is 0.335 e. The predicted molar refractivity (Wildman–Crippen MR) is 131 cm³/mol. The van der Waals surface area contributed by atoms with E-state index in [2.05, 4.69) is 13.2 Å². The van der Waals surface area contributed by atoms with Crippen molar-refractivity contribution in [1.82, 2.24) is 0 Å². The molecule has 0 saturated carbocycles. The van der Waals surface area contributed by atoms with Crippen LogP contribution < -0.4 is 9.47 Å². The van der Waals surface area contributed by atoms with Crippen molar-refractivity contribution in [3.63, 3.8) is 0 Å². The summed E-state index contributed by atoms with van der Waals surface area (Å²) in [7, 11) is 0. The Morgan fingerprint density at radius 2 is 0.941 bits per heavy atom. The summed E-state index contributed by atoms with van der Waals surface area (Å²) in [5, 5.41) is 0. The number of carbonyl (C=O) groups is 2. The summed E-state index contributed by atoms with van der Waals surface area (Å²) in [6, 6.07) is 15.6. The minimum atomic E-state index is -0.522. The van der Waals surface area contributed by atoms with Gasteiger partial charge in [0.2, 0.25) is 0 Å². The minimum Gasteiger partial charge on any atom is -0.459 e. The molecule has 0 bridgehead atoms. The van der Waals surface area contributed by atoms with Gasteiger partial charge in [0.25, 0.3) is 0 Å². The van der Waals surface area contributed by atoms with Crippen molar-refractivity contribution in [2.45, 2.75) is 40.5 Å². The molecule has 6 heteroatoms. The SMILES string of the molecule is C=CC(=O)O/C(C)=C(\C)Oc1ccc(CCc2ccc(O/C(C)=C(\C)OC(=O)C=C)cc2)cc1. The molecule has 0 amide bonds. The fourth-order valence-corrected chi connectivity index (χ4v) is 2.76. The lowest BCUT2D eigenvalue weighted by molar-refractivity contribution is -0.134. The maximum absolute atomic E-state index is 11.3. The highest BCUT2D eigenvalue weighted by atomic mass is 16.6. The second kappa shape index (κ2) is 12.8. The number of esters is 2. The standard InChI is InChI=1S/C28H30O6/c1-7-27(29)33-21(5)19(3)31-25-15-11-23(12-16-25)9-10-24-13-17-26(18-14-24)32-20(4)22(6)34-28(30)8-2/h7-8,11-18H,1-2,9-10H2,3-6H3/b21-19+,22-20+. The Morgan fingerprint density at radius 3 is 1.24 bits per heavy atom. The van der Waals surface area contributed by atoms with Crippen LogP contribution in [0.3, 0.4) is 0 Å². The second-order valence-electron chi connectivity index (χ2n) is 7.47. The lowest BCUT2D eigenvalue weighted by Gasteiger charge is -2.11. The molecule has 2 rings (SSSR count). The van der Waals surface area contributed by atoms with Crippen LogP contribution in [-0.2, 0) is 31.9 Å². The Hall–Kier alpha value is -4.06. The lowest BCUT2D eigenvalue weighted by atomic mass is 10.0. The first kappa shape index (κ1) is 26.2. The van der Waals surface area contributed by atoms with Gasteiger partial charge in [0.15, 0.2) is 0 Å². The zero-order valence-electron chi connectivity index (χ0n) is 20.1. The van der Waals surface area contributed by atoms with Gasteiger partial charge in [-0.3, -0.25) is 0 Å². The average molecular weight is 463 g/mol. The molecule has 0 aliphatic rings. The molecule has 0 aromatic heterocycles. The molecule has 34 heavy (non-hydrogen) atoms. The van der Waals surface area contributed by atoms with Crippen LogP contribution in [0.5, 0.6) is 11.5 Å². The molecule has 0 radical (unpaired) electrons. The first-order valence-corrected chi connectivity index (χ1v) is 10.8. The van der Waals surface area contributed by atoms with Crippen molar-refractivity contribution >= 4 is 11.9 Å². The quantitative estimate of drug-likeness (QED) is 0.225. The largest absolute Gasteiger partial charge is 0.459 e. The predicted octanol–water partition coefficient (Wildman–Crippen LogP) is 6.19. The summed E-state index contributed by atoms with van der Waals surface area (Å²) < 4.78 is 21.6. The zero-order valence-corrected chi connectivity index (χ0v) is 20.1. The van der Waals surface area contributed by atoms with Crippen molar-refractivity contribution in [2.75, 3.05) is 0 Å². The van der Waals surface area contributed by atoms with Gasteiger partial charge in [-0.15, -0.1) is 0 Å². The molecular formula is C28H30O6. The normalized spacial score (nSPS) is 12.0. The van der Waals surface area contributed by atoms with E-state index in [1.807, 2.05) is 48.5 Å². The van der Waals surface area contributed by atoms with Gasteiger partial charge in [-0.1, -0.05) is 37.4 Å². The third-order valence-corrected chi connectivity index (χ3v) is 4.92. The van der Waals surface area contributed by atoms with E-state index in [0.29, 0.717) is 34.5 Å². The van der Waals surface area contributed by atoms with Crippen LogP contribution in [-0.4, -0.2) is 11.9 Å². The van der Waals surface area contributed by atoms with Crippen LogP contribution in [0.2, 0.25) is 0 Å². The van der Waals surface area contributed by atoms with Crippen LogP contribution in [0.4, 0.5) is 0 Å². The van der Waals surface area contributed by atoms with Crippen LogP contribution in [0.15, 0.2) is 96.9 Å². The molecular weight excluding hydrogens is 432 g/mol. The van der Waals surface area contributed by atoms with Crippen molar-refractivity contribution in [2.24, 2.45) is 0 Å². The minimum absolute atomic E-state index is 0.389. The Morgan fingerprint density at radius 1 is 0.618 bits per heavy atom. The van der Waals surface area contributed by atoms with Gasteiger partial charge < -0.3 is 18.9 Å². The molecule has 0 heterocycles. The third-order valence-electron chi connectivity index (χ3n) is 4.92. The molecule has 0 fully saturated rings. The van der Waals surface area contributed by atoms with Gasteiger partial charge in [0.1, 0.15) is 34.5 Å². The van der Waals surface area contributed by atoms with Gasteiger partial charge in [-0.2, -0.15) is 0 Å². The summed E-state index contributed by atoms with van der Waals surface area (Å²) in [5.41, 5.74) is 2.34. The fraction of sp³-hybridized carbons (Fsp3) is 0.214. The number of rotatable bonds is 11. The van der Waals surface area contributed by atoms with E-state index < -0.39 is 11.9 Å². The summed E-state index contributed by atoms with van der Waals surface area (Å²) in [6.45, 7) is 13.6. The molecule has 0 saturated heterocycles.